The Kier molecular flexibility index (Phi) is 3.28. The maximum Gasteiger partial charge on any atom is 0.345 e. The molecule has 2 N–H and O–H groups in total. The molecule has 2 atom stereocenters. The van der Waals surface area contributed by atoms with Crippen molar-refractivity contribution in [3.63, 3.8) is 0 Å². The van der Waals surface area contributed by atoms with Crippen LogP contribution in [0.1, 0.15) is 38.6 Å². The summed E-state index contributed by atoms with van der Waals surface area (Å²) in [5.74, 6) is -1.12. The summed E-state index contributed by atoms with van der Waals surface area (Å²) in [5, 5.41) is 11.9. The molecule has 2 unspecified atom stereocenters. The second-order valence-electron chi connectivity index (χ2n) is 5.08. The molecule has 0 saturated carbocycles. The summed E-state index contributed by atoms with van der Waals surface area (Å²) in [5.41, 5.74) is 0. The molecule has 19 heavy (non-hydrogen) atoms. The van der Waals surface area contributed by atoms with Gasteiger partial charge in [-0.2, -0.15) is 0 Å². The van der Waals surface area contributed by atoms with Gasteiger partial charge in [0, 0.05) is 18.6 Å². The van der Waals surface area contributed by atoms with E-state index in [4.69, 9.17) is 5.11 Å². The van der Waals surface area contributed by atoms with Gasteiger partial charge in [0.15, 0.2) is 0 Å². The molecule has 0 radical (unpaired) electrons. The highest BCUT2D eigenvalue weighted by Crippen LogP contribution is 2.28. The number of nitrogens with zero attached hydrogens (tertiary/aromatic N) is 1. The van der Waals surface area contributed by atoms with Gasteiger partial charge in [0.05, 0.1) is 4.88 Å². The van der Waals surface area contributed by atoms with Crippen LogP contribution < -0.4 is 5.32 Å². The average Bonchev–Trinajstić information content (AvgIpc) is 3.05. The van der Waals surface area contributed by atoms with E-state index in [-0.39, 0.29) is 16.8 Å². The first kappa shape index (κ1) is 12.6. The summed E-state index contributed by atoms with van der Waals surface area (Å²) in [6, 6.07) is 3.76. The molecule has 2 aliphatic rings. The maximum atomic E-state index is 12.1. The van der Waals surface area contributed by atoms with Crippen LogP contribution in [-0.4, -0.2) is 47.1 Å². The summed E-state index contributed by atoms with van der Waals surface area (Å²) < 4.78 is 0. The number of thiophene rings is 1. The topological polar surface area (TPSA) is 69.6 Å². The first-order valence-corrected chi connectivity index (χ1v) is 7.35. The van der Waals surface area contributed by atoms with E-state index >= 15 is 0 Å². The second-order valence-corrected chi connectivity index (χ2v) is 6.17. The summed E-state index contributed by atoms with van der Waals surface area (Å²) in [6.45, 7) is 2.19. The number of hydrogen-bond donors (Lipinski definition) is 2. The number of fused-ring (bicyclic) bond motifs is 1. The van der Waals surface area contributed by atoms with Crippen LogP contribution >= 0.6 is 11.3 Å². The highest BCUT2D eigenvalue weighted by Gasteiger charge is 2.37. The molecule has 5 nitrogen and oxygen atoms in total. The zero-order chi connectivity index (χ0) is 13.4. The Hall–Kier alpha value is -1.40. The highest BCUT2D eigenvalue weighted by atomic mass is 32.1. The lowest BCUT2D eigenvalue weighted by molar-refractivity contribution is 0.0702. The fourth-order valence-electron chi connectivity index (χ4n) is 3.07. The average molecular weight is 280 g/mol. The van der Waals surface area contributed by atoms with Crippen molar-refractivity contribution in [1.82, 2.24) is 10.2 Å². The third kappa shape index (κ3) is 2.37. The Bertz CT molecular complexity index is 514. The normalized spacial score (nSPS) is 26.3. The third-order valence-electron chi connectivity index (χ3n) is 3.96. The van der Waals surface area contributed by atoms with Crippen molar-refractivity contribution in [1.29, 1.82) is 0 Å². The molecule has 2 saturated heterocycles. The van der Waals surface area contributed by atoms with Crippen molar-refractivity contribution < 1.29 is 14.7 Å². The van der Waals surface area contributed by atoms with Gasteiger partial charge in [-0.1, -0.05) is 0 Å². The molecule has 1 amide bonds. The number of hydrogen-bond acceptors (Lipinski definition) is 4. The van der Waals surface area contributed by atoms with E-state index in [1.165, 1.54) is 12.5 Å². The molecular formula is C13H16N2O3S. The molecule has 0 bridgehead atoms. The van der Waals surface area contributed by atoms with Gasteiger partial charge in [-0.3, -0.25) is 9.69 Å². The molecule has 3 heterocycles. The number of carboxylic acid groups (broad SMARTS) is 1. The number of carbonyl (C=O) groups is 2. The lowest BCUT2D eigenvalue weighted by atomic mass is 10.1. The standard InChI is InChI=1S/C13H16N2O3S/c16-12(10-3-4-11(19-10)13(17)18)14-8-5-7-15-6-1-2-9(8)15/h3-4,8-9H,1-2,5-7H2,(H,14,16)(H,17,18). The quantitative estimate of drug-likeness (QED) is 0.878. The Morgan fingerprint density at radius 3 is 2.79 bits per heavy atom. The van der Waals surface area contributed by atoms with Crippen LogP contribution in [-0.2, 0) is 0 Å². The van der Waals surface area contributed by atoms with Crippen LogP contribution in [0, 0.1) is 0 Å². The third-order valence-corrected chi connectivity index (χ3v) is 5.04. The minimum atomic E-state index is -0.980. The smallest absolute Gasteiger partial charge is 0.345 e. The summed E-state index contributed by atoms with van der Waals surface area (Å²) >= 11 is 1.03. The zero-order valence-electron chi connectivity index (χ0n) is 10.5. The van der Waals surface area contributed by atoms with E-state index in [0.29, 0.717) is 10.9 Å². The van der Waals surface area contributed by atoms with Crippen molar-refractivity contribution in [3.8, 4) is 0 Å². The summed E-state index contributed by atoms with van der Waals surface area (Å²) in [4.78, 5) is 26.0. The number of aromatic carboxylic acids is 1. The van der Waals surface area contributed by atoms with Crippen LogP contribution in [0.25, 0.3) is 0 Å². The molecule has 0 aromatic carbocycles. The molecule has 2 fully saturated rings. The van der Waals surface area contributed by atoms with Crippen molar-refractivity contribution in [2.45, 2.75) is 31.3 Å². The van der Waals surface area contributed by atoms with Gasteiger partial charge in [-0.05, 0) is 37.9 Å². The Balaban J connectivity index is 1.66. The highest BCUT2D eigenvalue weighted by molar-refractivity contribution is 7.15. The van der Waals surface area contributed by atoms with Gasteiger partial charge in [-0.15, -0.1) is 11.3 Å². The zero-order valence-corrected chi connectivity index (χ0v) is 11.3. The Morgan fingerprint density at radius 2 is 2.05 bits per heavy atom. The van der Waals surface area contributed by atoms with Crippen molar-refractivity contribution in [2.24, 2.45) is 0 Å². The Morgan fingerprint density at radius 1 is 1.26 bits per heavy atom. The van der Waals surface area contributed by atoms with E-state index in [1.807, 2.05) is 0 Å². The maximum absolute atomic E-state index is 12.1. The number of amides is 1. The molecule has 6 heteroatoms. The number of carboxylic acids is 1. The molecular weight excluding hydrogens is 264 g/mol. The molecule has 2 aliphatic heterocycles. The molecule has 0 aliphatic carbocycles. The van der Waals surface area contributed by atoms with Crippen LogP contribution in [0.3, 0.4) is 0 Å². The number of carbonyl (C=O) groups excluding carboxylic acids is 1. The van der Waals surface area contributed by atoms with Crippen molar-refractivity contribution in [3.05, 3.63) is 21.9 Å². The minimum Gasteiger partial charge on any atom is -0.477 e. The van der Waals surface area contributed by atoms with Gasteiger partial charge in [0.1, 0.15) is 4.88 Å². The largest absolute Gasteiger partial charge is 0.477 e. The van der Waals surface area contributed by atoms with E-state index in [0.717, 1.165) is 37.3 Å². The van der Waals surface area contributed by atoms with Crippen molar-refractivity contribution >= 4 is 23.2 Å². The van der Waals surface area contributed by atoms with Crippen LogP contribution in [0.15, 0.2) is 12.1 Å². The molecule has 102 valence electrons. The number of rotatable bonds is 3. The predicted octanol–water partition coefficient (Wildman–Crippen LogP) is 1.41. The van der Waals surface area contributed by atoms with E-state index in [2.05, 4.69) is 10.2 Å². The van der Waals surface area contributed by atoms with Gasteiger partial charge < -0.3 is 10.4 Å². The van der Waals surface area contributed by atoms with E-state index < -0.39 is 5.97 Å². The monoisotopic (exact) mass is 280 g/mol. The van der Waals surface area contributed by atoms with E-state index in [9.17, 15) is 9.59 Å². The second kappa shape index (κ2) is 4.94. The van der Waals surface area contributed by atoms with Crippen LogP contribution in [0.5, 0.6) is 0 Å². The lowest BCUT2D eigenvalue weighted by Crippen LogP contribution is -2.42. The van der Waals surface area contributed by atoms with E-state index in [1.54, 1.807) is 6.07 Å². The van der Waals surface area contributed by atoms with Gasteiger partial charge in [0.25, 0.3) is 5.91 Å². The summed E-state index contributed by atoms with van der Waals surface area (Å²) in [6.07, 6.45) is 3.35. The number of nitrogens with one attached hydrogen (secondary N) is 1. The molecule has 1 aromatic heterocycles. The van der Waals surface area contributed by atoms with Crippen LogP contribution in [0.2, 0.25) is 0 Å². The fourth-order valence-corrected chi connectivity index (χ4v) is 3.81. The minimum absolute atomic E-state index is 0.142. The van der Waals surface area contributed by atoms with Gasteiger partial charge in [0.2, 0.25) is 0 Å². The predicted molar refractivity (Wildman–Crippen MR) is 71.7 cm³/mol. The lowest BCUT2D eigenvalue weighted by Gasteiger charge is -2.20. The van der Waals surface area contributed by atoms with Crippen LogP contribution in [0.4, 0.5) is 0 Å². The fraction of sp³-hybridized carbons (Fsp3) is 0.538. The van der Waals surface area contributed by atoms with Gasteiger partial charge >= 0.3 is 5.97 Å². The SMILES string of the molecule is O=C(O)c1ccc(C(=O)NC2CCN3CCCC23)s1. The molecule has 0 spiro atoms. The Labute approximate surface area is 115 Å². The van der Waals surface area contributed by atoms with Crippen molar-refractivity contribution in [2.75, 3.05) is 13.1 Å². The summed E-state index contributed by atoms with van der Waals surface area (Å²) in [7, 11) is 0. The first-order valence-electron chi connectivity index (χ1n) is 6.53. The van der Waals surface area contributed by atoms with Gasteiger partial charge in [-0.25, -0.2) is 4.79 Å². The first-order chi connectivity index (χ1) is 9.15. The molecule has 3 rings (SSSR count). The molecule has 1 aromatic rings.